The number of hydrogen-bond acceptors (Lipinski definition) is 7. The summed E-state index contributed by atoms with van der Waals surface area (Å²) in [7, 11) is 1.50. The second-order valence-electron chi connectivity index (χ2n) is 5.63. The highest BCUT2D eigenvalue weighted by molar-refractivity contribution is 6.28. The van der Waals surface area contributed by atoms with Gasteiger partial charge < -0.3 is 19.7 Å². The van der Waals surface area contributed by atoms with Gasteiger partial charge in [-0.3, -0.25) is 4.98 Å². The number of nitrogens with zero attached hydrogens (tertiary/aromatic N) is 4. The molecular formula is C16H18ClF2N5O2. The Labute approximate surface area is 154 Å². The first-order valence-corrected chi connectivity index (χ1v) is 8.39. The Balaban J connectivity index is 1.89. The van der Waals surface area contributed by atoms with Gasteiger partial charge in [0.05, 0.1) is 37.8 Å². The molecule has 0 amide bonds. The Bertz CT molecular complexity index is 744. The highest BCUT2D eigenvalue weighted by Gasteiger charge is 2.23. The minimum absolute atomic E-state index is 0.0698. The third kappa shape index (κ3) is 4.35. The highest BCUT2D eigenvalue weighted by atomic mass is 35.5. The van der Waals surface area contributed by atoms with Crippen molar-refractivity contribution in [3.8, 4) is 0 Å². The van der Waals surface area contributed by atoms with Crippen molar-refractivity contribution in [2.45, 2.75) is 6.04 Å². The van der Waals surface area contributed by atoms with Crippen LogP contribution >= 0.6 is 11.6 Å². The quantitative estimate of drug-likeness (QED) is 0.765. The monoisotopic (exact) mass is 385 g/mol. The van der Waals surface area contributed by atoms with E-state index in [9.17, 15) is 8.78 Å². The SMILES string of the molecule is COCC(Nc1nc(Cl)nc(N2CCOCC2)c1F)c1ccc(F)cn1. The fraction of sp³-hybridized carbons (Fsp3) is 0.438. The van der Waals surface area contributed by atoms with E-state index in [1.54, 1.807) is 4.90 Å². The zero-order valence-electron chi connectivity index (χ0n) is 14.1. The Morgan fingerprint density at radius 2 is 2.08 bits per heavy atom. The lowest BCUT2D eigenvalue weighted by Crippen LogP contribution is -2.37. The van der Waals surface area contributed by atoms with Gasteiger partial charge in [0.2, 0.25) is 11.1 Å². The van der Waals surface area contributed by atoms with Crippen molar-refractivity contribution in [3.05, 3.63) is 40.9 Å². The van der Waals surface area contributed by atoms with Crippen molar-refractivity contribution < 1.29 is 18.3 Å². The molecule has 1 atom stereocenters. The number of halogens is 3. The predicted octanol–water partition coefficient (Wildman–Crippen LogP) is 2.44. The first-order valence-electron chi connectivity index (χ1n) is 8.01. The molecule has 1 aliphatic rings. The van der Waals surface area contributed by atoms with Crippen LogP contribution in [0.4, 0.5) is 20.4 Å². The average molecular weight is 386 g/mol. The molecule has 3 rings (SSSR count). The minimum Gasteiger partial charge on any atom is -0.382 e. The van der Waals surface area contributed by atoms with Crippen LogP contribution in [-0.4, -0.2) is 55.0 Å². The molecule has 10 heteroatoms. The minimum atomic E-state index is -0.625. The van der Waals surface area contributed by atoms with Crippen LogP contribution in [0.3, 0.4) is 0 Å². The summed E-state index contributed by atoms with van der Waals surface area (Å²) in [5, 5.41) is 2.84. The average Bonchev–Trinajstić information content (AvgIpc) is 2.65. The molecule has 1 fully saturated rings. The van der Waals surface area contributed by atoms with Crippen molar-refractivity contribution in [1.82, 2.24) is 15.0 Å². The molecule has 2 aromatic heterocycles. The molecule has 0 radical (unpaired) electrons. The van der Waals surface area contributed by atoms with Crippen molar-refractivity contribution in [2.24, 2.45) is 0 Å². The number of hydrogen-bond donors (Lipinski definition) is 1. The van der Waals surface area contributed by atoms with E-state index in [0.29, 0.717) is 32.0 Å². The maximum Gasteiger partial charge on any atom is 0.226 e. The Hall–Kier alpha value is -2.10. The summed E-state index contributed by atoms with van der Waals surface area (Å²) in [6, 6.07) is 2.23. The molecule has 0 bridgehead atoms. The lowest BCUT2D eigenvalue weighted by Gasteiger charge is -2.28. The Kier molecular flexibility index (Phi) is 6.12. The van der Waals surface area contributed by atoms with Crippen LogP contribution in [0.25, 0.3) is 0 Å². The van der Waals surface area contributed by atoms with Gasteiger partial charge in [-0.2, -0.15) is 14.4 Å². The molecule has 140 valence electrons. The fourth-order valence-corrected chi connectivity index (χ4v) is 2.78. The van der Waals surface area contributed by atoms with Gasteiger partial charge in [0.25, 0.3) is 0 Å². The lowest BCUT2D eigenvalue weighted by molar-refractivity contribution is 0.122. The second kappa shape index (κ2) is 8.52. The number of anilines is 2. The highest BCUT2D eigenvalue weighted by Crippen LogP contribution is 2.27. The largest absolute Gasteiger partial charge is 0.382 e. The van der Waals surface area contributed by atoms with Gasteiger partial charge in [0, 0.05) is 20.2 Å². The van der Waals surface area contributed by atoms with Crippen molar-refractivity contribution in [1.29, 1.82) is 0 Å². The number of aromatic nitrogens is 3. The smallest absolute Gasteiger partial charge is 0.226 e. The molecule has 0 aliphatic carbocycles. The number of nitrogens with one attached hydrogen (secondary N) is 1. The fourth-order valence-electron chi connectivity index (χ4n) is 2.62. The molecule has 2 aromatic rings. The van der Waals surface area contributed by atoms with Crippen LogP contribution in [0.15, 0.2) is 18.3 Å². The molecule has 1 saturated heterocycles. The van der Waals surface area contributed by atoms with Gasteiger partial charge in [0.1, 0.15) is 5.82 Å². The Morgan fingerprint density at radius 1 is 1.31 bits per heavy atom. The van der Waals surface area contributed by atoms with Gasteiger partial charge in [-0.05, 0) is 23.7 Å². The van der Waals surface area contributed by atoms with Crippen LogP contribution in [0.1, 0.15) is 11.7 Å². The Morgan fingerprint density at radius 3 is 2.73 bits per heavy atom. The molecule has 1 unspecified atom stereocenters. The normalized spacial score (nSPS) is 15.8. The van der Waals surface area contributed by atoms with E-state index in [4.69, 9.17) is 21.1 Å². The summed E-state index contributed by atoms with van der Waals surface area (Å²) in [6.45, 7) is 2.15. The first-order chi connectivity index (χ1) is 12.6. The number of methoxy groups -OCH3 is 1. The summed E-state index contributed by atoms with van der Waals surface area (Å²) in [6.07, 6.45) is 1.09. The van der Waals surface area contributed by atoms with E-state index >= 15 is 0 Å². The lowest BCUT2D eigenvalue weighted by atomic mass is 10.2. The van der Waals surface area contributed by atoms with Gasteiger partial charge in [0.15, 0.2) is 11.6 Å². The summed E-state index contributed by atoms with van der Waals surface area (Å²) >= 11 is 5.99. The van der Waals surface area contributed by atoms with E-state index in [2.05, 4.69) is 20.3 Å². The summed E-state index contributed by atoms with van der Waals surface area (Å²) in [5.41, 5.74) is 0.482. The molecule has 7 nitrogen and oxygen atoms in total. The number of ether oxygens (including phenoxy) is 2. The van der Waals surface area contributed by atoms with Crippen LogP contribution in [-0.2, 0) is 9.47 Å². The van der Waals surface area contributed by atoms with Crippen LogP contribution in [0, 0.1) is 11.6 Å². The van der Waals surface area contributed by atoms with Gasteiger partial charge in [-0.1, -0.05) is 0 Å². The molecule has 1 aliphatic heterocycles. The standard InChI is InChI=1S/C16H18ClF2N5O2/c1-25-9-12(11-3-2-10(18)8-20-11)21-14-13(19)15(23-16(17)22-14)24-4-6-26-7-5-24/h2-3,8,12H,4-7,9H2,1H3,(H,21,22,23). The molecular weight excluding hydrogens is 368 g/mol. The second-order valence-corrected chi connectivity index (χ2v) is 5.97. The first kappa shape index (κ1) is 18.7. The van der Waals surface area contributed by atoms with E-state index in [1.807, 2.05) is 0 Å². The van der Waals surface area contributed by atoms with E-state index in [0.717, 1.165) is 6.20 Å². The zero-order chi connectivity index (χ0) is 18.5. The predicted molar refractivity (Wildman–Crippen MR) is 92.5 cm³/mol. The molecule has 0 saturated carbocycles. The number of rotatable bonds is 6. The molecule has 0 aromatic carbocycles. The molecule has 1 N–H and O–H groups in total. The number of morpholine rings is 1. The van der Waals surface area contributed by atoms with Crippen molar-refractivity contribution in [2.75, 3.05) is 50.2 Å². The van der Waals surface area contributed by atoms with E-state index in [-0.39, 0.29) is 23.5 Å². The third-order valence-electron chi connectivity index (χ3n) is 3.87. The van der Waals surface area contributed by atoms with Crippen LogP contribution in [0.5, 0.6) is 0 Å². The van der Waals surface area contributed by atoms with Gasteiger partial charge in [-0.25, -0.2) is 4.39 Å². The molecule has 0 spiro atoms. The van der Waals surface area contributed by atoms with Crippen molar-refractivity contribution in [3.63, 3.8) is 0 Å². The molecule has 26 heavy (non-hydrogen) atoms. The van der Waals surface area contributed by atoms with Crippen molar-refractivity contribution >= 4 is 23.2 Å². The van der Waals surface area contributed by atoms with Gasteiger partial charge in [-0.15, -0.1) is 0 Å². The summed E-state index contributed by atoms with van der Waals surface area (Å²) in [4.78, 5) is 13.7. The number of pyridine rings is 1. The van der Waals surface area contributed by atoms with Gasteiger partial charge >= 0.3 is 0 Å². The third-order valence-corrected chi connectivity index (χ3v) is 4.04. The summed E-state index contributed by atoms with van der Waals surface area (Å²) in [5.74, 6) is -1.05. The van der Waals surface area contributed by atoms with E-state index in [1.165, 1.54) is 19.2 Å². The molecule has 3 heterocycles. The topological polar surface area (TPSA) is 72.4 Å². The maximum atomic E-state index is 15.0. The zero-order valence-corrected chi connectivity index (χ0v) is 14.8. The maximum absolute atomic E-state index is 15.0. The summed E-state index contributed by atoms with van der Waals surface area (Å²) < 4.78 is 38.5. The van der Waals surface area contributed by atoms with E-state index < -0.39 is 17.7 Å². The van der Waals surface area contributed by atoms with Crippen LogP contribution < -0.4 is 10.2 Å². The van der Waals surface area contributed by atoms with Crippen LogP contribution in [0.2, 0.25) is 5.28 Å².